The minimum Gasteiger partial charge on any atom is -0.490 e. The fourth-order valence-corrected chi connectivity index (χ4v) is 6.01. The molecular weight excluding hydrogens is 421 g/mol. The lowest BCUT2D eigenvalue weighted by atomic mass is 9.92. The lowest BCUT2D eigenvalue weighted by Gasteiger charge is -2.43. The third-order valence-electron chi connectivity index (χ3n) is 5.54. The average Bonchev–Trinajstić information content (AvgIpc) is 2.69. The largest absolute Gasteiger partial charge is 0.490 e. The summed E-state index contributed by atoms with van der Waals surface area (Å²) in [5, 5.41) is 18.5. The Morgan fingerprint density at radius 3 is 2.27 bits per heavy atom. The monoisotopic (exact) mass is 445 g/mol. The topological polar surface area (TPSA) is 150 Å². The molecule has 2 heterocycles. The second kappa shape index (κ2) is 8.36. The molecule has 2 atom stereocenters. The van der Waals surface area contributed by atoms with Gasteiger partial charge in [0.15, 0.2) is 5.60 Å². The molecule has 2 fully saturated rings. The Balaban J connectivity index is 1.69. The molecule has 0 aliphatic carbocycles. The average molecular weight is 445 g/mol. The summed E-state index contributed by atoms with van der Waals surface area (Å²) in [6.07, 6.45) is 0.168. The number of aliphatic carboxylic acids is 1. The molecule has 4 N–H and O–H groups in total. The van der Waals surface area contributed by atoms with E-state index in [1.165, 1.54) is 24.3 Å². The highest BCUT2D eigenvalue weighted by atomic mass is 32.2. The number of likely N-dealkylation sites (tertiary alicyclic amines) is 1. The second-order valence-electron chi connectivity index (χ2n) is 7.48. The normalized spacial score (nSPS) is 26.3. The summed E-state index contributed by atoms with van der Waals surface area (Å²) in [4.78, 5) is 24.0. The van der Waals surface area contributed by atoms with Gasteiger partial charge in [-0.15, -0.1) is 0 Å². The number of primary amides is 1. The third kappa shape index (κ3) is 4.35. The first kappa shape index (κ1) is 22.2. The van der Waals surface area contributed by atoms with Crippen molar-refractivity contribution >= 4 is 22.0 Å². The number of piperidine rings is 2. The zero-order valence-corrected chi connectivity index (χ0v) is 16.9. The summed E-state index contributed by atoms with van der Waals surface area (Å²) in [6, 6.07) is 4.57. The van der Waals surface area contributed by atoms with Crippen LogP contribution in [0.5, 0.6) is 5.75 Å². The number of urea groups is 1. The first-order chi connectivity index (χ1) is 14.0. The Morgan fingerprint density at radius 1 is 1.13 bits per heavy atom. The number of benzene rings is 1. The van der Waals surface area contributed by atoms with Crippen LogP contribution in [0.25, 0.3) is 0 Å². The van der Waals surface area contributed by atoms with Crippen LogP contribution < -0.4 is 10.5 Å². The molecule has 0 saturated carbocycles. The standard InChI is InChI=1S/C18H24FN3O7S/c19-12-1-3-13(4-2-12)29-14-5-9-22(10-6-14)30(27,28)15-7-8-21(17(20)25)11-18(15,26)16(23)24/h1-4,14-15,26H,5-11H2,(H2,20,25)(H,23,24). The molecule has 2 unspecified atom stereocenters. The van der Waals surface area contributed by atoms with Gasteiger partial charge in [-0.2, -0.15) is 0 Å². The van der Waals surface area contributed by atoms with Crippen molar-refractivity contribution in [1.29, 1.82) is 0 Å². The van der Waals surface area contributed by atoms with Gasteiger partial charge in [0.25, 0.3) is 0 Å². The van der Waals surface area contributed by atoms with Crippen molar-refractivity contribution in [2.45, 2.75) is 36.2 Å². The first-order valence-corrected chi connectivity index (χ1v) is 11.0. The highest BCUT2D eigenvalue weighted by Crippen LogP contribution is 2.32. The number of nitrogens with two attached hydrogens (primary N) is 1. The number of hydrogen-bond donors (Lipinski definition) is 3. The van der Waals surface area contributed by atoms with E-state index in [4.69, 9.17) is 10.5 Å². The number of rotatable bonds is 5. The summed E-state index contributed by atoms with van der Waals surface area (Å²) in [6.45, 7) is -0.607. The van der Waals surface area contributed by atoms with E-state index in [1.54, 1.807) is 0 Å². The van der Waals surface area contributed by atoms with Gasteiger partial charge in [-0.3, -0.25) is 0 Å². The van der Waals surface area contributed by atoms with Crippen LogP contribution in [-0.4, -0.2) is 83.0 Å². The molecule has 0 aromatic heterocycles. The van der Waals surface area contributed by atoms with Crippen LogP contribution in [0.1, 0.15) is 19.3 Å². The summed E-state index contributed by atoms with van der Waals surface area (Å²) in [7, 11) is -4.17. The van der Waals surface area contributed by atoms with E-state index in [1.807, 2.05) is 0 Å². The van der Waals surface area contributed by atoms with Crippen molar-refractivity contribution in [3.63, 3.8) is 0 Å². The molecular formula is C18H24FN3O7S. The van der Waals surface area contributed by atoms with Crippen LogP contribution in [0, 0.1) is 5.82 Å². The van der Waals surface area contributed by atoms with Crippen molar-refractivity contribution in [3.05, 3.63) is 30.1 Å². The van der Waals surface area contributed by atoms with E-state index in [-0.39, 0.29) is 32.2 Å². The van der Waals surface area contributed by atoms with Crippen LogP contribution in [-0.2, 0) is 14.8 Å². The van der Waals surface area contributed by atoms with Gasteiger partial charge in [-0.25, -0.2) is 26.7 Å². The Bertz CT molecular complexity index is 903. The number of sulfonamides is 1. The summed E-state index contributed by atoms with van der Waals surface area (Å²) in [5.74, 6) is -1.65. The SMILES string of the molecule is NC(=O)N1CCC(S(=O)(=O)N2CCC(Oc3ccc(F)cc3)CC2)C(O)(C(=O)O)C1. The van der Waals surface area contributed by atoms with Crippen LogP contribution in [0.3, 0.4) is 0 Å². The zero-order chi connectivity index (χ0) is 22.1. The van der Waals surface area contributed by atoms with Gasteiger partial charge in [0.05, 0.1) is 6.54 Å². The molecule has 2 amide bonds. The molecule has 2 aliphatic rings. The number of carbonyl (C=O) groups excluding carboxylic acids is 1. The molecule has 0 radical (unpaired) electrons. The highest BCUT2D eigenvalue weighted by molar-refractivity contribution is 7.89. The van der Waals surface area contributed by atoms with Crippen LogP contribution >= 0.6 is 0 Å². The number of amides is 2. The van der Waals surface area contributed by atoms with Gasteiger partial charge in [0, 0.05) is 19.6 Å². The smallest absolute Gasteiger partial charge is 0.339 e. The second-order valence-corrected chi connectivity index (χ2v) is 9.60. The van der Waals surface area contributed by atoms with Crippen molar-refractivity contribution in [3.8, 4) is 5.75 Å². The third-order valence-corrected chi connectivity index (χ3v) is 7.97. The van der Waals surface area contributed by atoms with Crippen LogP contribution in [0.2, 0.25) is 0 Å². The summed E-state index contributed by atoms with van der Waals surface area (Å²) in [5.41, 5.74) is 2.50. The van der Waals surface area contributed by atoms with Gasteiger partial charge < -0.3 is 25.6 Å². The molecule has 10 nitrogen and oxygen atoms in total. The van der Waals surface area contributed by atoms with Crippen molar-refractivity contribution in [2.24, 2.45) is 5.73 Å². The molecule has 3 rings (SSSR count). The molecule has 166 valence electrons. The van der Waals surface area contributed by atoms with Crippen molar-refractivity contribution < 1.29 is 37.3 Å². The van der Waals surface area contributed by atoms with Crippen LogP contribution in [0.15, 0.2) is 24.3 Å². The summed E-state index contributed by atoms with van der Waals surface area (Å²) < 4.78 is 46.1. The van der Waals surface area contributed by atoms with E-state index in [0.717, 1.165) is 9.21 Å². The molecule has 0 spiro atoms. The number of carboxylic acid groups (broad SMARTS) is 1. The number of β-amino-alcohol motifs (C(OH)–C–C–N with tert-alkyl or cyclic N) is 1. The van der Waals surface area contributed by atoms with Crippen molar-refractivity contribution in [2.75, 3.05) is 26.2 Å². The van der Waals surface area contributed by atoms with Gasteiger partial charge >= 0.3 is 12.0 Å². The minimum atomic E-state index is -4.17. The number of ether oxygens (including phenoxy) is 1. The van der Waals surface area contributed by atoms with Gasteiger partial charge in [0.1, 0.15) is 22.9 Å². The van der Waals surface area contributed by atoms with Gasteiger partial charge in [-0.05, 0) is 43.5 Å². The lowest BCUT2D eigenvalue weighted by molar-refractivity contribution is -0.162. The van der Waals surface area contributed by atoms with Gasteiger partial charge in [0.2, 0.25) is 10.0 Å². The van der Waals surface area contributed by atoms with E-state index < -0.39 is 45.2 Å². The Hall–Kier alpha value is -2.44. The number of carboxylic acids is 1. The number of nitrogens with zero attached hydrogens (tertiary/aromatic N) is 2. The molecule has 2 aliphatic heterocycles. The van der Waals surface area contributed by atoms with E-state index >= 15 is 0 Å². The Morgan fingerprint density at radius 2 is 1.73 bits per heavy atom. The van der Waals surface area contributed by atoms with E-state index in [9.17, 15) is 32.6 Å². The predicted octanol–water partition coefficient (Wildman–Crippen LogP) is -0.0326. The maximum Gasteiger partial charge on any atom is 0.339 e. The first-order valence-electron chi connectivity index (χ1n) is 9.45. The Kier molecular flexibility index (Phi) is 6.20. The molecule has 12 heteroatoms. The molecule has 0 bridgehead atoms. The molecule has 30 heavy (non-hydrogen) atoms. The predicted molar refractivity (Wildman–Crippen MR) is 103 cm³/mol. The quantitative estimate of drug-likeness (QED) is 0.576. The van der Waals surface area contributed by atoms with Gasteiger partial charge in [-0.1, -0.05) is 0 Å². The summed E-state index contributed by atoms with van der Waals surface area (Å²) >= 11 is 0. The number of hydrogen-bond acceptors (Lipinski definition) is 6. The minimum absolute atomic E-state index is 0.0705. The Labute approximate surface area is 173 Å². The maximum atomic E-state index is 13.1. The fourth-order valence-electron chi connectivity index (χ4n) is 3.86. The number of carbonyl (C=O) groups is 2. The highest BCUT2D eigenvalue weighted by Gasteiger charge is 2.56. The fraction of sp³-hybridized carbons (Fsp3) is 0.556. The maximum absolute atomic E-state index is 13.1. The molecule has 1 aromatic carbocycles. The zero-order valence-electron chi connectivity index (χ0n) is 16.1. The number of aliphatic hydroxyl groups is 1. The number of halogens is 1. The lowest BCUT2D eigenvalue weighted by Crippen LogP contribution is -2.67. The molecule has 2 saturated heterocycles. The van der Waals surface area contributed by atoms with Crippen molar-refractivity contribution in [1.82, 2.24) is 9.21 Å². The molecule has 1 aromatic rings. The van der Waals surface area contributed by atoms with E-state index in [0.29, 0.717) is 18.6 Å². The van der Waals surface area contributed by atoms with Crippen LogP contribution in [0.4, 0.5) is 9.18 Å². The van der Waals surface area contributed by atoms with E-state index in [2.05, 4.69) is 0 Å².